The number of nitrogens with zero attached hydrogens (tertiary/aromatic N) is 2. The highest BCUT2D eigenvalue weighted by atomic mass is 19.4. The van der Waals surface area contributed by atoms with Crippen LogP contribution in [0.25, 0.3) is 0 Å². The molecule has 1 unspecified atom stereocenters. The van der Waals surface area contributed by atoms with Crippen molar-refractivity contribution in [3.8, 4) is 5.75 Å². The SMILES string of the molecule is CCNC(=NCC(O)c1ccc(OC(F)(F)F)cc1)NCCN1CCCCC1. The molecule has 1 aliphatic rings. The second-order valence-electron chi connectivity index (χ2n) is 6.68. The summed E-state index contributed by atoms with van der Waals surface area (Å²) in [6, 6.07) is 5.16. The van der Waals surface area contributed by atoms with Crippen molar-refractivity contribution >= 4 is 5.96 Å². The van der Waals surface area contributed by atoms with E-state index in [1.807, 2.05) is 6.92 Å². The molecule has 0 bridgehead atoms. The van der Waals surface area contributed by atoms with Crippen molar-refractivity contribution in [2.75, 3.05) is 39.3 Å². The minimum Gasteiger partial charge on any atom is -0.406 e. The van der Waals surface area contributed by atoms with Crippen molar-refractivity contribution in [2.45, 2.75) is 38.7 Å². The second kappa shape index (κ2) is 11.1. The first-order valence-corrected chi connectivity index (χ1v) is 9.65. The Morgan fingerprint density at radius 2 is 1.86 bits per heavy atom. The third-order valence-electron chi connectivity index (χ3n) is 4.43. The molecule has 1 heterocycles. The van der Waals surface area contributed by atoms with Crippen molar-refractivity contribution in [2.24, 2.45) is 4.99 Å². The van der Waals surface area contributed by atoms with E-state index < -0.39 is 12.5 Å². The molecule has 0 aliphatic carbocycles. The third kappa shape index (κ3) is 8.35. The number of piperidine rings is 1. The molecule has 0 aromatic heterocycles. The zero-order valence-corrected chi connectivity index (χ0v) is 16.1. The molecule has 28 heavy (non-hydrogen) atoms. The topological polar surface area (TPSA) is 69.1 Å². The Morgan fingerprint density at radius 3 is 2.46 bits per heavy atom. The summed E-state index contributed by atoms with van der Waals surface area (Å²) in [4.78, 5) is 6.79. The number of rotatable bonds is 8. The second-order valence-corrected chi connectivity index (χ2v) is 6.68. The van der Waals surface area contributed by atoms with Crippen molar-refractivity contribution in [1.29, 1.82) is 0 Å². The van der Waals surface area contributed by atoms with Gasteiger partial charge in [-0.05, 0) is 50.6 Å². The van der Waals surface area contributed by atoms with Gasteiger partial charge in [-0.2, -0.15) is 0 Å². The van der Waals surface area contributed by atoms with E-state index in [1.54, 1.807) is 0 Å². The van der Waals surface area contributed by atoms with Crippen molar-refractivity contribution in [3.63, 3.8) is 0 Å². The molecular formula is C19H29F3N4O2. The van der Waals surface area contributed by atoms with Crippen LogP contribution in [0.5, 0.6) is 5.75 Å². The predicted molar refractivity (Wildman–Crippen MR) is 102 cm³/mol. The average Bonchev–Trinajstić information content (AvgIpc) is 2.66. The number of hydrogen-bond acceptors (Lipinski definition) is 4. The van der Waals surface area contributed by atoms with Gasteiger partial charge in [-0.15, -0.1) is 13.2 Å². The summed E-state index contributed by atoms with van der Waals surface area (Å²) >= 11 is 0. The molecule has 1 fully saturated rings. The smallest absolute Gasteiger partial charge is 0.406 e. The molecule has 3 N–H and O–H groups in total. The zero-order valence-electron chi connectivity index (χ0n) is 16.1. The number of aliphatic hydroxyl groups is 1. The van der Waals surface area contributed by atoms with Crippen molar-refractivity contribution < 1.29 is 23.0 Å². The minimum atomic E-state index is -4.73. The predicted octanol–water partition coefficient (Wildman–Crippen LogP) is 2.66. The van der Waals surface area contributed by atoms with E-state index in [9.17, 15) is 18.3 Å². The number of guanidine groups is 1. The van der Waals surface area contributed by atoms with Crippen LogP contribution in [0.4, 0.5) is 13.2 Å². The fourth-order valence-electron chi connectivity index (χ4n) is 3.03. The largest absolute Gasteiger partial charge is 0.573 e. The Kier molecular flexibility index (Phi) is 8.85. The number of ether oxygens (including phenoxy) is 1. The van der Waals surface area contributed by atoms with E-state index in [2.05, 4.69) is 25.3 Å². The normalized spacial score (nSPS) is 17.2. The van der Waals surface area contributed by atoms with E-state index in [1.165, 1.54) is 43.5 Å². The van der Waals surface area contributed by atoms with Gasteiger partial charge in [0.15, 0.2) is 5.96 Å². The molecule has 1 aromatic carbocycles. The summed E-state index contributed by atoms with van der Waals surface area (Å²) in [5.74, 6) is 0.287. The third-order valence-corrected chi connectivity index (χ3v) is 4.43. The van der Waals surface area contributed by atoms with Gasteiger partial charge in [-0.3, -0.25) is 4.99 Å². The molecule has 6 nitrogen and oxygen atoms in total. The zero-order chi connectivity index (χ0) is 20.4. The Hall–Kier alpha value is -2.00. The van der Waals surface area contributed by atoms with Gasteiger partial charge in [-0.1, -0.05) is 18.6 Å². The average molecular weight is 402 g/mol. The van der Waals surface area contributed by atoms with Crippen LogP contribution in [0.15, 0.2) is 29.3 Å². The maximum absolute atomic E-state index is 12.2. The molecule has 1 aliphatic heterocycles. The maximum atomic E-state index is 12.2. The monoisotopic (exact) mass is 402 g/mol. The Morgan fingerprint density at radius 1 is 1.18 bits per heavy atom. The fourth-order valence-corrected chi connectivity index (χ4v) is 3.03. The summed E-state index contributed by atoms with van der Waals surface area (Å²) in [5.41, 5.74) is 0.474. The summed E-state index contributed by atoms with van der Waals surface area (Å²) in [7, 11) is 0. The molecule has 1 saturated heterocycles. The van der Waals surface area contributed by atoms with Gasteiger partial charge in [0.25, 0.3) is 0 Å². The quantitative estimate of drug-likeness (QED) is 0.461. The number of likely N-dealkylation sites (tertiary alicyclic amines) is 1. The number of benzene rings is 1. The first-order chi connectivity index (χ1) is 13.4. The van der Waals surface area contributed by atoms with E-state index >= 15 is 0 Å². The van der Waals surface area contributed by atoms with Gasteiger partial charge in [0.2, 0.25) is 0 Å². The van der Waals surface area contributed by atoms with E-state index in [-0.39, 0.29) is 12.3 Å². The van der Waals surface area contributed by atoms with Crippen molar-refractivity contribution in [1.82, 2.24) is 15.5 Å². The van der Waals surface area contributed by atoms with Gasteiger partial charge in [0, 0.05) is 19.6 Å². The summed E-state index contributed by atoms with van der Waals surface area (Å²) in [5, 5.41) is 16.6. The highest BCUT2D eigenvalue weighted by Gasteiger charge is 2.31. The molecule has 0 spiro atoms. The van der Waals surface area contributed by atoms with E-state index in [0.717, 1.165) is 26.2 Å². The lowest BCUT2D eigenvalue weighted by Gasteiger charge is -2.26. The molecule has 0 amide bonds. The molecule has 0 saturated carbocycles. The number of nitrogens with one attached hydrogen (secondary N) is 2. The standard InChI is InChI=1S/C19H29F3N4O2/c1-2-23-18(24-10-13-26-11-4-3-5-12-26)25-14-17(27)15-6-8-16(9-7-15)28-19(20,21)22/h6-9,17,27H,2-5,10-14H2,1H3,(H2,23,24,25). The van der Waals surface area contributed by atoms with Crippen LogP contribution in [0.3, 0.4) is 0 Å². The van der Waals surface area contributed by atoms with Crippen LogP contribution >= 0.6 is 0 Å². The molecule has 0 radical (unpaired) electrons. The molecule has 2 rings (SSSR count). The molecule has 1 atom stereocenters. The highest BCUT2D eigenvalue weighted by molar-refractivity contribution is 5.79. The number of aliphatic hydroxyl groups excluding tert-OH is 1. The van der Waals surface area contributed by atoms with E-state index in [0.29, 0.717) is 18.1 Å². The van der Waals surface area contributed by atoms with Gasteiger partial charge in [0.1, 0.15) is 5.75 Å². The fraction of sp³-hybridized carbons (Fsp3) is 0.632. The Labute approximate surface area is 163 Å². The van der Waals surface area contributed by atoms with Crippen LogP contribution in [-0.2, 0) is 0 Å². The van der Waals surface area contributed by atoms with Crippen LogP contribution < -0.4 is 15.4 Å². The lowest BCUT2D eigenvalue weighted by Crippen LogP contribution is -2.42. The minimum absolute atomic E-state index is 0.0958. The maximum Gasteiger partial charge on any atom is 0.573 e. The Bertz CT molecular complexity index is 602. The van der Waals surface area contributed by atoms with Crippen LogP contribution in [0.2, 0.25) is 0 Å². The van der Waals surface area contributed by atoms with E-state index in [4.69, 9.17) is 0 Å². The number of alkyl halides is 3. The first-order valence-electron chi connectivity index (χ1n) is 9.65. The Balaban J connectivity index is 1.83. The van der Waals surface area contributed by atoms with Gasteiger partial charge in [0.05, 0.1) is 12.6 Å². The molecule has 158 valence electrons. The molecule has 9 heteroatoms. The highest BCUT2D eigenvalue weighted by Crippen LogP contribution is 2.24. The van der Waals surface area contributed by atoms with Gasteiger partial charge >= 0.3 is 6.36 Å². The first kappa shape index (κ1) is 22.3. The van der Waals surface area contributed by atoms with Crippen molar-refractivity contribution in [3.05, 3.63) is 29.8 Å². The van der Waals surface area contributed by atoms with Crippen LogP contribution in [0.1, 0.15) is 37.9 Å². The summed E-state index contributed by atoms with van der Waals surface area (Å²) in [6.45, 7) is 6.69. The van der Waals surface area contributed by atoms with Crippen LogP contribution in [0, 0.1) is 0 Å². The summed E-state index contributed by atoms with van der Waals surface area (Å²) < 4.78 is 40.4. The van der Waals surface area contributed by atoms with Gasteiger partial charge in [-0.25, -0.2) is 0 Å². The number of hydrogen-bond donors (Lipinski definition) is 3. The van der Waals surface area contributed by atoms with Gasteiger partial charge < -0.3 is 25.4 Å². The van der Waals surface area contributed by atoms with Crippen LogP contribution in [-0.4, -0.2) is 61.6 Å². The lowest BCUT2D eigenvalue weighted by molar-refractivity contribution is -0.274. The molecular weight excluding hydrogens is 373 g/mol. The lowest BCUT2D eigenvalue weighted by atomic mass is 10.1. The number of halogens is 3. The number of aliphatic imine (C=N–C) groups is 1. The molecule has 1 aromatic rings. The summed E-state index contributed by atoms with van der Waals surface area (Å²) in [6.07, 6.45) is -1.86.